The number of hydrogen-bond acceptors (Lipinski definition) is 11. The quantitative estimate of drug-likeness (QED) is 0.0939. The zero-order valence-electron chi connectivity index (χ0n) is 40.9. The molecule has 1 unspecified atom stereocenters. The van der Waals surface area contributed by atoms with Gasteiger partial charge in [-0.2, -0.15) is 5.10 Å². The van der Waals surface area contributed by atoms with Crippen LogP contribution in [0.4, 0.5) is 10.9 Å². The lowest BCUT2D eigenvalue weighted by molar-refractivity contribution is -0.134. The van der Waals surface area contributed by atoms with E-state index in [0.717, 1.165) is 113 Å². The molecule has 1 aliphatic carbocycles. The molecular weight excluding hydrogens is 925 g/mol. The highest BCUT2D eigenvalue weighted by Crippen LogP contribution is 2.39. The van der Waals surface area contributed by atoms with Crippen LogP contribution in [0.5, 0.6) is 5.75 Å². The lowest BCUT2D eigenvalue weighted by atomic mass is 9.84. The number of para-hydroxylation sites is 1. The van der Waals surface area contributed by atoms with E-state index < -0.39 is 11.9 Å². The first kappa shape index (κ1) is 47.4. The molecule has 0 spiro atoms. The molecule has 0 bridgehead atoms. The van der Waals surface area contributed by atoms with Crippen molar-refractivity contribution in [2.24, 2.45) is 13.0 Å². The predicted molar refractivity (Wildman–Crippen MR) is 280 cm³/mol. The molecule has 72 heavy (non-hydrogen) atoms. The lowest BCUT2D eigenvalue weighted by Gasteiger charge is -2.33. The number of amides is 3. The maximum absolute atomic E-state index is 13.7. The number of carboxylic acid groups (broad SMARTS) is 1. The van der Waals surface area contributed by atoms with Gasteiger partial charge < -0.3 is 19.6 Å². The number of thiazole rings is 1. The van der Waals surface area contributed by atoms with Gasteiger partial charge in [-0.05, 0) is 173 Å². The molecule has 3 aromatic heterocycles. The summed E-state index contributed by atoms with van der Waals surface area (Å²) in [5.74, 6) is 0.333. The summed E-state index contributed by atoms with van der Waals surface area (Å²) >= 11 is 1.44. The Bertz CT molecular complexity index is 3190. The van der Waals surface area contributed by atoms with Crippen LogP contribution in [0, 0.1) is 12.8 Å². The van der Waals surface area contributed by atoms with Gasteiger partial charge in [-0.15, -0.1) is 0 Å². The van der Waals surface area contributed by atoms with Gasteiger partial charge >= 0.3 is 5.97 Å². The summed E-state index contributed by atoms with van der Waals surface area (Å²) in [7, 11) is 1.94. The van der Waals surface area contributed by atoms with Crippen molar-refractivity contribution in [3.8, 4) is 16.9 Å². The molecular formula is C57H60N8O6S. The Kier molecular flexibility index (Phi) is 13.3. The molecule has 7 aromatic rings. The number of nitrogens with one attached hydrogen (secondary N) is 2. The van der Waals surface area contributed by atoms with Gasteiger partial charge in [-0.25, -0.2) is 14.8 Å². The predicted octanol–water partition coefficient (Wildman–Crippen LogP) is 10.2. The first-order chi connectivity index (χ1) is 35.0. The Hall–Kier alpha value is -6.97. The molecule has 4 aliphatic rings. The molecule has 3 fully saturated rings. The Morgan fingerprint density at radius 3 is 2.49 bits per heavy atom. The van der Waals surface area contributed by atoms with Gasteiger partial charge in [0, 0.05) is 43.1 Å². The molecule has 11 rings (SSSR count). The van der Waals surface area contributed by atoms with Gasteiger partial charge in [-0.1, -0.05) is 59.9 Å². The maximum atomic E-state index is 13.7. The minimum absolute atomic E-state index is 0.0172. The van der Waals surface area contributed by atoms with Crippen molar-refractivity contribution in [2.75, 3.05) is 36.4 Å². The van der Waals surface area contributed by atoms with Crippen LogP contribution in [0.25, 0.3) is 32.2 Å². The maximum Gasteiger partial charge on any atom is 0.355 e. The normalized spacial score (nSPS) is 19.9. The molecule has 14 nitrogen and oxygen atoms in total. The molecule has 3 amide bonds. The van der Waals surface area contributed by atoms with E-state index in [9.17, 15) is 24.3 Å². The van der Waals surface area contributed by atoms with Gasteiger partial charge in [0.05, 0.1) is 33.4 Å². The van der Waals surface area contributed by atoms with E-state index in [1.165, 1.54) is 29.7 Å². The van der Waals surface area contributed by atoms with E-state index in [-0.39, 0.29) is 29.5 Å². The Morgan fingerprint density at radius 1 is 0.861 bits per heavy atom. The number of carbonyl (C=O) groups excluding carboxylic acids is 3. The van der Waals surface area contributed by atoms with Gasteiger partial charge in [0.2, 0.25) is 11.8 Å². The molecule has 3 N–H and O–H groups in total. The second-order valence-electron chi connectivity index (χ2n) is 20.2. The third-order valence-corrected chi connectivity index (χ3v) is 16.7. The number of carboxylic acids is 1. The molecule has 3 aliphatic heterocycles. The largest absolute Gasteiger partial charge is 0.490 e. The van der Waals surface area contributed by atoms with E-state index in [4.69, 9.17) is 14.8 Å². The molecule has 2 saturated heterocycles. The van der Waals surface area contributed by atoms with Crippen molar-refractivity contribution in [1.29, 1.82) is 0 Å². The second kappa shape index (κ2) is 20.3. The summed E-state index contributed by atoms with van der Waals surface area (Å²) in [6.45, 7) is 6.36. The number of anilines is 2. The monoisotopic (exact) mass is 984 g/mol. The van der Waals surface area contributed by atoms with Crippen LogP contribution in [0.15, 0.2) is 91.0 Å². The number of pyridine rings is 1. The van der Waals surface area contributed by atoms with Crippen molar-refractivity contribution < 1.29 is 29.0 Å². The molecule has 6 heterocycles. The van der Waals surface area contributed by atoms with Crippen LogP contribution in [0.2, 0.25) is 0 Å². The third-order valence-electron chi connectivity index (χ3n) is 15.7. The number of aryl methyl sites for hydroxylation is 1. The van der Waals surface area contributed by atoms with Gasteiger partial charge in [0.15, 0.2) is 10.8 Å². The highest BCUT2D eigenvalue weighted by Gasteiger charge is 2.33. The summed E-state index contributed by atoms with van der Waals surface area (Å²) in [5, 5.41) is 22.3. The van der Waals surface area contributed by atoms with Crippen molar-refractivity contribution >= 4 is 67.1 Å². The minimum atomic E-state index is -1.10. The molecule has 0 radical (unpaired) electrons. The third kappa shape index (κ3) is 9.71. The topological polar surface area (TPSA) is 172 Å². The van der Waals surface area contributed by atoms with Crippen molar-refractivity contribution in [2.45, 2.75) is 102 Å². The summed E-state index contributed by atoms with van der Waals surface area (Å²) in [4.78, 5) is 64.9. The summed E-state index contributed by atoms with van der Waals surface area (Å²) in [5.41, 5.74) is 8.74. The highest BCUT2D eigenvalue weighted by atomic mass is 32.1. The van der Waals surface area contributed by atoms with Crippen molar-refractivity contribution in [1.82, 2.24) is 30.0 Å². The molecule has 370 valence electrons. The molecule has 1 atom stereocenters. The average molecular weight is 985 g/mol. The second-order valence-corrected chi connectivity index (χ2v) is 21.2. The number of hydrogen-bond donors (Lipinski definition) is 3. The van der Waals surface area contributed by atoms with Gasteiger partial charge in [-0.3, -0.25) is 29.7 Å². The number of benzene rings is 4. The summed E-state index contributed by atoms with van der Waals surface area (Å²) in [6, 6.07) is 29.8. The molecule has 15 heteroatoms. The summed E-state index contributed by atoms with van der Waals surface area (Å²) < 4.78 is 9.58. The number of rotatable bonds is 13. The lowest BCUT2D eigenvalue weighted by Crippen LogP contribution is -2.39. The first-order valence-electron chi connectivity index (χ1n) is 25.6. The van der Waals surface area contributed by atoms with Crippen LogP contribution < -0.4 is 20.3 Å². The Morgan fingerprint density at radius 2 is 1.68 bits per heavy atom. The number of likely N-dealkylation sites (tertiary alicyclic amines) is 1. The van der Waals surface area contributed by atoms with E-state index in [1.807, 2.05) is 85.4 Å². The van der Waals surface area contributed by atoms with Crippen LogP contribution >= 0.6 is 11.3 Å². The summed E-state index contributed by atoms with van der Waals surface area (Å²) in [6.07, 6.45) is 10.6. The fourth-order valence-corrected chi connectivity index (χ4v) is 12.6. The van der Waals surface area contributed by atoms with Gasteiger partial charge in [0.1, 0.15) is 11.6 Å². The number of carbonyl (C=O) groups is 4. The van der Waals surface area contributed by atoms with Crippen LogP contribution in [0.3, 0.4) is 0 Å². The van der Waals surface area contributed by atoms with Crippen molar-refractivity contribution in [3.05, 3.63) is 130 Å². The Labute approximate surface area is 422 Å². The number of imide groups is 1. The van der Waals surface area contributed by atoms with E-state index in [1.54, 1.807) is 0 Å². The SMILES string of the molecule is Cc1c(OC2CCC(CCCN3CCC(c4ccc5c(C6CCC(=O)NC6=O)nn(C)c5c4)CC3)CC2)cccc1-c1ccc(N2CCc3cccc(C(=O)Nc4nc5ccccc5s4)c3C2)nc1C(=O)O. The number of piperidine rings is 2. The van der Waals surface area contributed by atoms with Crippen LogP contribution in [0.1, 0.15) is 125 Å². The molecule has 4 aromatic carbocycles. The number of fused-ring (bicyclic) bond motifs is 3. The Balaban J connectivity index is 0.664. The smallest absolute Gasteiger partial charge is 0.355 e. The fourth-order valence-electron chi connectivity index (χ4n) is 11.7. The number of aromatic carboxylic acids is 1. The minimum Gasteiger partial charge on any atom is -0.490 e. The zero-order chi connectivity index (χ0) is 49.5. The van der Waals surface area contributed by atoms with Crippen molar-refractivity contribution in [3.63, 3.8) is 0 Å². The first-order valence-corrected chi connectivity index (χ1v) is 26.4. The highest BCUT2D eigenvalue weighted by molar-refractivity contribution is 7.22. The molecule has 1 saturated carbocycles. The number of ether oxygens (including phenoxy) is 1. The van der Waals surface area contributed by atoms with E-state index in [0.29, 0.717) is 66.3 Å². The fraction of sp³-hybridized carbons (Fsp3) is 0.386. The van der Waals surface area contributed by atoms with E-state index in [2.05, 4.69) is 49.7 Å². The number of aromatic nitrogens is 4. The standard InChI is InChI=1S/C57H60N8O6S/c1-34-40(41-21-23-50(59-53(41)56(69)70)65-31-27-37-9-5-11-42(45(37)33-65)54(67)61-57-58-46-12-3-4-14-49(46)72-57)10-6-13-48(34)71-39-18-15-35(16-19-39)8-7-28-64-29-25-36(26-30-64)38-17-20-43-47(32-38)63(2)62-52(43)44-22-24-51(66)60-55(44)68/h3-6,9-14,17,20-21,23,32,35-36,39,44H,7-8,15-16,18-19,22,24-31,33H2,1-2H3,(H,69,70)(H,58,61,67)(H,60,66,68). The van der Waals surface area contributed by atoms with Crippen LogP contribution in [-0.2, 0) is 29.6 Å². The average Bonchev–Trinajstić information content (AvgIpc) is 3.96. The zero-order valence-corrected chi connectivity index (χ0v) is 41.7. The van der Waals surface area contributed by atoms with Gasteiger partial charge in [0.25, 0.3) is 5.91 Å². The van der Waals surface area contributed by atoms with E-state index >= 15 is 0 Å². The van der Waals surface area contributed by atoms with Crippen LogP contribution in [-0.4, -0.2) is 85.7 Å². The number of nitrogens with zero attached hydrogens (tertiary/aromatic N) is 6.